The third kappa shape index (κ3) is 4.85. The SMILES string of the molecule is Cc1ccc(SCC(=O)N/N=C/c2ccncc2)cc1. The predicted molar refractivity (Wildman–Crippen MR) is 81.9 cm³/mol. The van der Waals surface area contributed by atoms with Gasteiger partial charge in [-0.1, -0.05) is 17.7 Å². The van der Waals surface area contributed by atoms with E-state index in [1.54, 1.807) is 18.6 Å². The van der Waals surface area contributed by atoms with E-state index in [9.17, 15) is 4.79 Å². The van der Waals surface area contributed by atoms with Crippen LogP contribution in [0.4, 0.5) is 0 Å². The minimum atomic E-state index is -0.124. The van der Waals surface area contributed by atoms with E-state index in [1.165, 1.54) is 17.3 Å². The van der Waals surface area contributed by atoms with Gasteiger partial charge in [0.15, 0.2) is 0 Å². The van der Waals surface area contributed by atoms with Crippen LogP contribution in [0.5, 0.6) is 0 Å². The van der Waals surface area contributed by atoms with Crippen molar-refractivity contribution in [1.82, 2.24) is 10.4 Å². The van der Waals surface area contributed by atoms with Crippen LogP contribution in [0.1, 0.15) is 11.1 Å². The maximum absolute atomic E-state index is 11.6. The summed E-state index contributed by atoms with van der Waals surface area (Å²) in [7, 11) is 0. The summed E-state index contributed by atoms with van der Waals surface area (Å²) in [6.07, 6.45) is 4.95. The number of benzene rings is 1. The van der Waals surface area contributed by atoms with Gasteiger partial charge in [-0.3, -0.25) is 9.78 Å². The van der Waals surface area contributed by atoms with Gasteiger partial charge in [0.2, 0.25) is 5.91 Å². The summed E-state index contributed by atoms with van der Waals surface area (Å²) in [5.74, 6) is 0.220. The van der Waals surface area contributed by atoms with Crippen LogP contribution in [-0.4, -0.2) is 22.9 Å². The Bertz CT molecular complexity index is 582. The molecule has 4 nitrogen and oxygen atoms in total. The maximum atomic E-state index is 11.6. The standard InChI is InChI=1S/C15H15N3OS/c1-12-2-4-14(5-3-12)20-11-15(19)18-17-10-13-6-8-16-9-7-13/h2-10H,11H2,1H3,(H,18,19)/b17-10+. The van der Waals surface area contributed by atoms with Crippen molar-refractivity contribution in [2.24, 2.45) is 5.10 Å². The fraction of sp³-hybridized carbons (Fsp3) is 0.133. The van der Waals surface area contributed by atoms with Crippen LogP contribution in [0.25, 0.3) is 0 Å². The summed E-state index contributed by atoms with van der Waals surface area (Å²) in [6, 6.07) is 11.7. The number of aromatic nitrogens is 1. The molecule has 102 valence electrons. The monoisotopic (exact) mass is 285 g/mol. The molecule has 0 saturated carbocycles. The van der Waals surface area contributed by atoms with Gasteiger partial charge in [-0.25, -0.2) is 5.43 Å². The van der Waals surface area contributed by atoms with Crippen LogP contribution >= 0.6 is 11.8 Å². The van der Waals surface area contributed by atoms with E-state index in [-0.39, 0.29) is 5.91 Å². The highest BCUT2D eigenvalue weighted by molar-refractivity contribution is 8.00. The van der Waals surface area contributed by atoms with Gasteiger partial charge in [-0.15, -0.1) is 11.8 Å². The second-order valence-corrected chi connectivity index (χ2v) is 5.22. The molecule has 1 amide bonds. The first-order valence-electron chi connectivity index (χ1n) is 6.15. The first kappa shape index (κ1) is 14.3. The fourth-order valence-electron chi connectivity index (χ4n) is 1.44. The first-order valence-corrected chi connectivity index (χ1v) is 7.14. The Morgan fingerprint density at radius 1 is 1.25 bits per heavy atom. The van der Waals surface area contributed by atoms with Crippen LogP contribution in [0, 0.1) is 6.92 Å². The highest BCUT2D eigenvalue weighted by Gasteiger charge is 2.01. The zero-order chi connectivity index (χ0) is 14.2. The van der Waals surface area contributed by atoms with E-state index in [0.717, 1.165) is 10.5 Å². The van der Waals surface area contributed by atoms with Crippen molar-refractivity contribution in [1.29, 1.82) is 0 Å². The van der Waals surface area contributed by atoms with E-state index in [4.69, 9.17) is 0 Å². The van der Waals surface area contributed by atoms with Crippen LogP contribution in [0.15, 0.2) is 58.8 Å². The van der Waals surface area contributed by atoms with Crippen LogP contribution in [-0.2, 0) is 4.79 Å². The maximum Gasteiger partial charge on any atom is 0.250 e. The van der Waals surface area contributed by atoms with Crippen molar-refractivity contribution >= 4 is 23.9 Å². The van der Waals surface area contributed by atoms with Gasteiger partial charge in [0.1, 0.15) is 0 Å². The summed E-state index contributed by atoms with van der Waals surface area (Å²) in [4.78, 5) is 16.6. The summed E-state index contributed by atoms with van der Waals surface area (Å²) in [5, 5.41) is 3.90. The lowest BCUT2D eigenvalue weighted by molar-refractivity contribution is -0.118. The summed E-state index contributed by atoms with van der Waals surface area (Å²) < 4.78 is 0. The van der Waals surface area contributed by atoms with E-state index < -0.39 is 0 Å². The second kappa shape index (κ2) is 7.45. The largest absolute Gasteiger partial charge is 0.272 e. The Balaban J connectivity index is 1.76. The summed E-state index contributed by atoms with van der Waals surface area (Å²) >= 11 is 1.49. The van der Waals surface area contributed by atoms with Crippen molar-refractivity contribution in [3.63, 3.8) is 0 Å². The fourth-order valence-corrected chi connectivity index (χ4v) is 2.13. The van der Waals surface area contributed by atoms with E-state index in [2.05, 4.69) is 15.5 Å². The minimum Gasteiger partial charge on any atom is -0.272 e. The number of thioether (sulfide) groups is 1. The molecule has 1 heterocycles. The number of pyridine rings is 1. The Morgan fingerprint density at radius 3 is 2.65 bits per heavy atom. The molecular formula is C15H15N3OS. The topological polar surface area (TPSA) is 54.4 Å². The lowest BCUT2D eigenvalue weighted by Gasteiger charge is -2.01. The van der Waals surface area contributed by atoms with Crippen molar-refractivity contribution < 1.29 is 4.79 Å². The average Bonchev–Trinajstić information content (AvgIpc) is 2.48. The predicted octanol–water partition coefficient (Wildman–Crippen LogP) is 2.63. The quantitative estimate of drug-likeness (QED) is 0.522. The molecule has 2 rings (SSSR count). The van der Waals surface area contributed by atoms with Crippen LogP contribution in [0.2, 0.25) is 0 Å². The van der Waals surface area contributed by atoms with Gasteiger partial charge < -0.3 is 0 Å². The number of amides is 1. The lowest BCUT2D eigenvalue weighted by Crippen LogP contribution is -2.19. The van der Waals surface area contributed by atoms with Gasteiger partial charge >= 0.3 is 0 Å². The van der Waals surface area contributed by atoms with Gasteiger partial charge in [0.25, 0.3) is 0 Å². The molecule has 0 aliphatic rings. The molecule has 0 saturated heterocycles. The molecule has 1 N–H and O–H groups in total. The third-order valence-electron chi connectivity index (χ3n) is 2.50. The number of hydrogen-bond donors (Lipinski definition) is 1. The number of hydrazone groups is 1. The molecule has 0 bridgehead atoms. The van der Waals surface area contributed by atoms with Crippen molar-refractivity contribution in [2.75, 3.05) is 5.75 Å². The van der Waals surface area contributed by atoms with Crippen molar-refractivity contribution in [3.8, 4) is 0 Å². The van der Waals surface area contributed by atoms with Gasteiger partial charge in [-0.2, -0.15) is 5.10 Å². The minimum absolute atomic E-state index is 0.124. The molecule has 0 unspecified atom stereocenters. The zero-order valence-corrected chi connectivity index (χ0v) is 11.9. The van der Waals surface area contributed by atoms with Crippen molar-refractivity contribution in [2.45, 2.75) is 11.8 Å². The molecule has 0 fully saturated rings. The number of carbonyl (C=O) groups is 1. The van der Waals surface area contributed by atoms with Crippen LogP contribution < -0.4 is 5.43 Å². The molecule has 20 heavy (non-hydrogen) atoms. The molecule has 0 radical (unpaired) electrons. The lowest BCUT2D eigenvalue weighted by atomic mass is 10.2. The molecular weight excluding hydrogens is 270 g/mol. The number of nitrogens with one attached hydrogen (secondary N) is 1. The Kier molecular flexibility index (Phi) is 5.32. The number of hydrogen-bond acceptors (Lipinski definition) is 4. The third-order valence-corrected chi connectivity index (χ3v) is 3.51. The Labute approximate surface area is 122 Å². The molecule has 0 aliphatic heterocycles. The van der Waals surface area contributed by atoms with E-state index in [0.29, 0.717) is 5.75 Å². The first-order chi connectivity index (χ1) is 9.74. The molecule has 1 aromatic heterocycles. The van der Waals surface area contributed by atoms with Gasteiger partial charge in [0, 0.05) is 17.3 Å². The molecule has 0 atom stereocenters. The number of nitrogens with zero attached hydrogens (tertiary/aromatic N) is 2. The normalized spacial score (nSPS) is 10.7. The smallest absolute Gasteiger partial charge is 0.250 e. The highest BCUT2D eigenvalue weighted by Crippen LogP contribution is 2.17. The summed E-state index contributed by atoms with van der Waals surface area (Å²) in [5.41, 5.74) is 4.61. The molecule has 0 aliphatic carbocycles. The number of aryl methyl sites for hydroxylation is 1. The van der Waals surface area contributed by atoms with E-state index in [1.807, 2.05) is 43.3 Å². The average molecular weight is 285 g/mol. The highest BCUT2D eigenvalue weighted by atomic mass is 32.2. The van der Waals surface area contributed by atoms with Gasteiger partial charge in [0.05, 0.1) is 12.0 Å². The number of carbonyl (C=O) groups excluding carboxylic acids is 1. The Morgan fingerprint density at radius 2 is 1.95 bits per heavy atom. The Hall–Kier alpha value is -2.14. The second-order valence-electron chi connectivity index (χ2n) is 4.18. The van der Waals surface area contributed by atoms with E-state index >= 15 is 0 Å². The zero-order valence-electron chi connectivity index (χ0n) is 11.1. The molecule has 2 aromatic rings. The van der Waals surface area contributed by atoms with Crippen LogP contribution in [0.3, 0.4) is 0 Å². The summed E-state index contributed by atoms with van der Waals surface area (Å²) in [6.45, 7) is 2.04. The molecule has 0 spiro atoms. The number of rotatable bonds is 5. The molecule has 1 aromatic carbocycles. The van der Waals surface area contributed by atoms with Crippen molar-refractivity contribution in [3.05, 3.63) is 59.9 Å². The molecule has 5 heteroatoms. The van der Waals surface area contributed by atoms with Gasteiger partial charge in [-0.05, 0) is 36.8 Å².